The topological polar surface area (TPSA) is 98.2 Å². The Morgan fingerprint density at radius 1 is 1.40 bits per heavy atom. The number of Topliss-reactive ketones (excluding diaryl/α,β-unsaturated/α-hetero) is 1. The molecule has 6 heteroatoms. The van der Waals surface area contributed by atoms with Crippen molar-refractivity contribution in [3.05, 3.63) is 10.4 Å². The largest absolute Gasteiger partial charge is 0.397 e. The molecule has 0 bridgehead atoms. The zero-order chi connectivity index (χ0) is 14.9. The minimum absolute atomic E-state index is 0.141. The summed E-state index contributed by atoms with van der Waals surface area (Å²) < 4.78 is 0. The van der Waals surface area contributed by atoms with E-state index in [0.717, 1.165) is 12.5 Å². The van der Waals surface area contributed by atoms with Crippen molar-refractivity contribution in [3.63, 3.8) is 0 Å². The fraction of sp³-hybridized carbons (Fsp3) is 0.571. The molecule has 110 valence electrons. The third-order valence-corrected chi connectivity index (χ3v) is 5.13. The Hall–Kier alpha value is -1.56. The molecule has 1 heterocycles. The summed E-state index contributed by atoms with van der Waals surface area (Å²) >= 11 is 1.22. The fourth-order valence-corrected chi connectivity index (χ4v) is 3.85. The molecule has 0 radical (unpaired) electrons. The van der Waals surface area contributed by atoms with Crippen molar-refractivity contribution in [1.29, 1.82) is 0 Å². The van der Waals surface area contributed by atoms with E-state index in [9.17, 15) is 9.59 Å². The van der Waals surface area contributed by atoms with Gasteiger partial charge in [0.1, 0.15) is 5.00 Å². The molecule has 1 fully saturated rings. The van der Waals surface area contributed by atoms with Gasteiger partial charge in [0.25, 0.3) is 5.91 Å². The summed E-state index contributed by atoms with van der Waals surface area (Å²) in [7, 11) is 0. The van der Waals surface area contributed by atoms with Crippen LogP contribution in [0.3, 0.4) is 0 Å². The summed E-state index contributed by atoms with van der Waals surface area (Å²) in [6.07, 6.45) is 3.64. The Balaban J connectivity index is 2.16. The number of nitrogens with two attached hydrogens (primary N) is 2. The highest BCUT2D eigenvalue weighted by Crippen LogP contribution is 2.37. The predicted octanol–water partition coefficient (Wildman–Crippen LogP) is 2.48. The average Bonchev–Trinajstić information content (AvgIpc) is 2.90. The number of anilines is 2. The summed E-state index contributed by atoms with van der Waals surface area (Å²) in [6.45, 7) is 4.49. The van der Waals surface area contributed by atoms with Crippen molar-refractivity contribution in [3.8, 4) is 0 Å². The minimum atomic E-state index is -0.589. The number of nitrogen functional groups attached to an aromatic ring is 1. The second kappa shape index (κ2) is 5.83. The molecule has 5 nitrogen and oxygen atoms in total. The quantitative estimate of drug-likeness (QED) is 0.727. The lowest BCUT2D eigenvalue weighted by molar-refractivity contribution is 0.100. The molecule has 20 heavy (non-hydrogen) atoms. The zero-order valence-corrected chi connectivity index (χ0v) is 12.7. The van der Waals surface area contributed by atoms with Crippen molar-refractivity contribution >= 4 is 33.7 Å². The highest BCUT2D eigenvalue weighted by atomic mass is 32.1. The van der Waals surface area contributed by atoms with Gasteiger partial charge in [-0.2, -0.15) is 0 Å². The van der Waals surface area contributed by atoms with E-state index in [-0.39, 0.29) is 17.0 Å². The lowest BCUT2D eigenvalue weighted by Crippen LogP contribution is -2.17. The van der Waals surface area contributed by atoms with Gasteiger partial charge in [0.05, 0.1) is 16.1 Å². The third-order valence-electron chi connectivity index (χ3n) is 3.87. The fourth-order valence-electron chi connectivity index (χ4n) is 2.82. The van der Waals surface area contributed by atoms with Crippen LogP contribution in [-0.4, -0.2) is 18.2 Å². The first-order valence-electron chi connectivity index (χ1n) is 6.87. The maximum Gasteiger partial charge on any atom is 0.253 e. The molecule has 1 saturated carbocycles. The smallest absolute Gasteiger partial charge is 0.253 e. The van der Waals surface area contributed by atoms with Crippen LogP contribution in [0.4, 0.5) is 10.7 Å². The Kier molecular flexibility index (Phi) is 4.32. The Labute approximate surface area is 122 Å². The van der Waals surface area contributed by atoms with E-state index in [1.165, 1.54) is 37.5 Å². The number of primary amides is 1. The first kappa shape index (κ1) is 14.8. The lowest BCUT2D eigenvalue weighted by atomic mass is 10.1. The van der Waals surface area contributed by atoms with Crippen molar-refractivity contribution in [1.82, 2.24) is 0 Å². The normalized spacial score (nSPS) is 21.9. The molecule has 0 aromatic carbocycles. The van der Waals surface area contributed by atoms with Gasteiger partial charge in [-0.1, -0.05) is 13.3 Å². The van der Waals surface area contributed by atoms with Crippen LogP contribution in [0.15, 0.2) is 0 Å². The van der Waals surface area contributed by atoms with Gasteiger partial charge in [-0.15, -0.1) is 11.3 Å². The number of thiophene rings is 1. The highest BCUT2D eigenvalue weighted by Gasteiger charge is 2.25. The van der Waals surface area contributed by atoms with Gasteiger partial charge < -0.3 is 16.8 Å². The summed E-state index contributed by atoms with van der Waals surface area (Å²) in [4.78, 5) is 23.4. The number of carbonyl (C=O) groups is 2. The van der Waals surface area contributed by atoms with E-state index in [1.807, 2.05) is 0 Å². The summed E-state index contributed by atoms with van der Waals surface area (Å²) in [5, 5.41) is 3.88. The molecular formula is C14H21N3O2S. The van der Waals surface area contributed by atoms with Crippen LogP contribution in [-0.2, 0) is 0 Å². The van der Waals surface area contributed by atoms with Gasteiger partial charge in [-0.25, -0.2) is 0 Å². The average molecular weight is 295 g/mol. The van der Waals surface area contributed by atoms with Crippen molar-refractivity contribution < 1.29 is 9.59 Å². The van der Waals surface area contributed by atoms with Gasteiger partial charge in [-0.05, 0) is 24.7 Å². The van der Waals surface area contributed by atoms with Crippen molar-refractivity contribution in [2.75, 3.05) is 17.6 Å². The molecule has 0 saturated heterocycles. The molecule has 2 atom stereocenters. The number of hydrogen-bond donors (Lipinski definition) is 3. The number of ketones is 1. The molecule has 0 aliphatic heterocycles. The molecule has 1 amide bonds. The van der Waals surface area contributed by atoms with Crippen molar-refractivity contribution in [2.45, 2.75) is 33.1 Å². The zero-order valence-electron chi connectivity index (χ0n) is 11.9. The molecule has 0 spiro atoms. The first-order valence-corrected chi connectivity index (χ1v) is 7.68. The predicted molar refractivity (Wildman–Crippen MR) is 82.2 cm³/mol. The summed E-state index contributed by atoms with van der Waals surface area (Å²) in [5.41, 5.74) is 11.7. The van der Waals surface area contributed by atoms with Gasteiger partial charge in [0.2, 0.25) is 0 Å². The first-order chi connectivity index (χ1) is 9.40. The molecule has 1 aliphatic carbocycles. The molecule has 1 aromatic heterocycles. The molecular weight excluding hydrogens is 274 g/mol. The van der Waals surface area contributed by atoms with Gasteiger partial charge in [-0.3, -0.25) is 9.59 Å². The summed E-state index contributed by atoms with van der Waals surface area (Å²) in [5.74, 6) is 0.638. The SMILES string of the molecule is CC(=O)c1sc(NCC2CCC(C)C2)c(C(N)=O)c1N. The monoisotopic (exact) mass is 295 g/mol. The maximum absolute atomic E-state index is 11.5. The molecule has 2 rings (SSSR count). The Morgan fingerprint density at radius 3 is 2.60 bits per heavy atom. The number of carbonyl (C=O) groups excluding carboxylic acids is 2. The van der Waals surface area contributed by atoms with E-state index in [4.69, 9.17) is 11.5 Å². The summed E-state index contributed by atoms with van der Waals surface area (Å²) in [6, 6.07) is 0. The van der Waals surface area contributed by atoms with Crippen LogP contribution < -0.4 is 16.8 Å². The minimum Gasteiger partial charge on any atom is -0.397 e. The number of amides is 1. The van der Waals surface area contributed by atoms with E-state index < -0.39 is 5.91 Å². The van der Waals surface area contributed by atoms with Gasteiger partial charge in [0.15, 0.2) is 5.78 Å². The molecule has 5 N–H and O–H groups in total. The maximum atomic E-state index is 11.5. The second-order valence-electron chi connectivity index (χ2n) is 5.63. The number of hydrogen-bond acceptors (Lipinski definition) is 5. The van der Waals surface area contributed by atoms with Crippen LogP contribution in [0, 0.1) is 11.8 Å². The van der Waals surface area contributed by atoms with E-state index in [2.05, 4.69) is 12.2 Å². The van der Waals surface area contributed by atoms with Gasteiger partial charge >= 0.3 is 0 Å². The van der Waals surface area contributed by atoms with E-state index in [0.29, 0.717) is 15.8 Å². The second-order valence-corrected chi connectivity index (χ2v) is 6.66. The van der Waals surface area contributed by atoms with Crippen LogP contribution in [0.2, 0.25) is 0 Å². The third kappa shape index (κ3) is 2.95. The van der Waals surface area contributed by atoms with Crippen LogP contribution in [0.25, 0.3) is 0 Å². The molecule has 1 aliphatic rings. The van der Waals surface area contributed by atoms with Crippen LogP contribution in [0.1, 0.15) is 53.1 Å². The lowest BCUT2D eigenvalue weighted by Gasteiger charge is -2.11. The highest BCUT2D eigenvalue weighted by molar-refractivity contribution is 7.19. The number of rotatable bonds is 5. The molecule has 1 aromatic rings. The van der Waals surface area contributed by atoms with Crippen LogP contribution >= 0.6 is 11.3 Å². The number of nitrogens with one attached hydrogen (secondary N) is 1. The van der Waals surface area contributed by atoms with Crippen LogP contribution in [0.5, 0.6) is 0 Å². The van der Waals surface area contributed by atoms with E-state index >= 15 is 0 Å². The van der Waals surface area contributed by atoms with Crippen molar-refractivity contribution in [2.24, 2.45) is 17.6 Å². The molecule has 2 unspecified atom stereocenters. The van der Waals surface area contributed by atoms with E-state index in [1.54, 1.807) is 0 Å². The Morgan fingerprint density at radius 2 is 2.10 bits per heavy atom. The Bertz CT molecular complexity index is 539. The van der Waals surface area contributed by atoms with Gasteiger partial charge in [0, 0.05) is 13.5 Å². The standard InChI is InChI=1S/C14H21N3O2S/c1-7-3-4-9(5-7)6-17-14-10(13(16)19)11(15)12(20-14)8(2)18/h7,9,17H,3-6,15H2,1-2H3,(H2,16,19).